The fourth-order valence-corrected chi connectivity index (χ4v) is 3.10. The standard InChI is InChI=1S/C15H26N2O3/c1-6-11-7-12(10-17(19)20)9-15(5,8-11)13(18)16-14(2,3)4/h6,11-12H,1,7-10H2,2-5H3,(H,16,18)/t11-,12-,15?/m1/s1. The van der Waals surface area contributed by atoms with E-state index in [0.717, 1.165) is 6.42 Å². The van der Waals surface area contributed by atoms with E-state index >= 15 is 0 Å². The lowest BCUT2D eigenvalue weighted by Gasteiger charge is -2.40. The number of nitrogens with zero attached hydrogens (tertiary/aromatic N) is 1. The van der Waals surface area contributed by atoms with E-state index in [4.69, 9.17) is 0 Å². The van der Waals surface area contributed by atoms with E-state index in [1.54, 1.807) is 0 Å². The summed E-state index contributed by atoms with van der Waals surface area (Å²) in [5, 5.41) is 13.8. The number of nitro groups is 1. The topological polar surface area (TPSA) is 72.2 Å². The van der Waals surface area contributed by atoms with Crippen LogP contribution >= 0.6 is 0 Å². The van der Waals surface area contributed by atoms with Gasteiger partial charge in [-0.15, -0.1) is 6.58 Å². The predicted molar refractivity (Wildman–Crippen MR) is 78.9 cm³/mol. The van der Waals surface area contributed by atoms with Crippen molar-refractivity contribution in [2.75, 3.05) is 6.54 Å². The fraction of sp³-hybridized carbons (Fsp3) is 0.800. The van der Waals surface area contributed by atoms with Crippen LogP contribution in [0.25, 0.3) is 0 Å². The van der Waals surface area contributed by atoms with E-state index in [1.165, 1.54) is 0 Å². The van der Waals surface area contributed by atoms with Crippen LogP contribution < -0.4 is 5.32 Å². The molecule has 1 fully saturated rings. The van der Waals surface area contributed by atoms with Gasteiger partial charge in [-0.1, -0.05) is 13.0 Å². The Hall–Kier alpha value is -1.39. The lowest BCUT2D eigenvalue weighted by molar-refractivity contribution is -0.489. The van der Waals surface area contributed by atoms with Gasteiger partial charge in [0.05, 0.1) is 0 Å². The molecule has 1 saturated carbocycles. The number of rotatable bonds is 4. The van der Waals surface area contributed by atoms with E-state index < -0.39 is 5.41 Å². The van der Waals surface area contributed by atoms with E-state index in [-0.39, 0.29) is 34.7 Å². The summed E-state index contributed by atoms with van der Waals surface area (Å²) in [6, 6.07) is 0. The Balaban J connectivity index is 2.86. The first-order valence-electron chi connectivity index (χ1n) is 7.13. The molecule has 0 saturated heterocycles. The molecule has 1 rings (SSSR count). The minimum atomic E-state index is -0.551. The first kappa shape index (κ1) is 16.7. The van der Waals surface area contributed by atoms with E-state index in [0.29, 0.717) is 12.8 Å². The molecule has 0 aromatic rings. The van der Waals surface area contributed by atoms with Gasteiger partial charge in [-0.25, -0.2) is 0 Å². The third-order valence-electron chi connectivity index (χ3n) is 3.87. The van der Waals surface area contributed by atoms with Crippen LogP contribution in [0.5, 0.6) is 0 Å². The first-order valence-corrected chi connectivity index (χ1v) is 7.13. The number of amides is 1. The number of carbonyl (C=O) groups is 1. The average Bonchev–Trinajstić information content (AvgIpc) is 2.24. The Morgan fingerprint density at radius 2 is 2.10 bits per heavy atom. The Bertz CT molecular complexity index is 400. The van der Waals surface area contributed by atoms with Gasteiger partial charge in [0.2, 0.25) is 12.5 Å². The maximum atomic E-state index is 12.5. The van der Waals surface area contributed by atoms with Crippen LogP contribution in [0.3, 0.4) is 0 Å². The predicted octanol–water partition coefficient (Wildman–Crippen LogP) is 2.79. The molecule has 0 heterocycles. The van der Waals surface area contributed by atoms with E-state index in [2.05, 4.69) is 11.9 Å². The molecular weight excluding hydrogens is 256 g/mol. The maximum Gasteiger partial charge on any atom is 0.226 e. The number of hydrogen-bond donors (Lipinski definition) is 1. The van der Waals surface area contributed by atoms with Gasteiger partial charge in [0.15, 0.2) is 0 Å². The lowest BCUT2D eigenvalue weighted by atomic mass is 9.65. The monoisotopic (exact) mass is 282 g/mol. The second kappa shape index (κ2) is 5.94. The quantitative estimate of drug-likeness (QED) is 0.489. The number of hydrogen-bond acceptors (Lipinski definition) is 3. The molecule has 0 radical (unpaired) electrons. The zero-order valence-corrected chi connectivity index (χ0v) is 12.9. The summed E-state index contributed by atoms with van der Waals surface area (Å²) in [4.78, 5) is 23.0. The van der Waals surface area contributed by atoms with Crippen molar-refractivity contribution < 1.29 is 9.72 Å². The van der Waals surface area contributed by atoms with Crippen molar-refractivity contribution >= 4 is 5.91 Å². The number of allylic oxidation sites excluding steroid dienone is 1. The van der Waals surface area contributed by atoms with Gasteiger partial charge in [0.25, 0.3) is 0 Å². The van der Waals surface area contributed by atoms with Crippen LogP contribution in [-0.2, 0) is 4.79 Å². The Morgan fingerprint density at radius 1 is 1.50 bits per heavy atom. The van der Waals surface area contributed by atoms with Crippen LogP contribution in [0, 0.1) is 27.4 Å². The van der Waals surface area contributed by atoms with Crippen LogP contribution in [0.4, 0.5) is 0 Å². The molecule has 0 spiro atoms. The largest absolute Gasteiger partial charge is 0.351 e. The smallest absolute Gasteiger partial charge is 0.226 e. The Kier molecular flexibility index (Phi) is 4.95. The van der Waals surface area contributed by atoms with Crippen LogP contribution in [-0.4, -0.2) is 22.9 Å². The second-order valence-electron chi connectivity index (χ2n) is 7.29. The molecule has 114 valence electrons. The first-order chi connectivity index (χ1) is 9.05. The minimum Gasteiger partial charge on any atom is -0.351 e. The van der Waals surface area contributed by atoms with Crippen molar-refractivity contribution in [3.8, 4) is 0 Å². The minimum absolute atomic E-state index is 0.00935. The zero-order chi connectivity index (χ0) is 15.6. The molecule has 20 heavy (non-hydrogen) atoms. The summed E-state index contributed by atoms with van der Waals surface area (Å²) in [6.45, 7) is 11.5. The SMILES string of the molecule is C=C[C@@H]1C[C@@H](C[N+](=O)[O-])CC(C)(C(=O)NC(C)(C)C)C1. The Morgan fingerprint density at radius 3 is 2.55 bits per heavy atom. The van der Waals surface area contributed by atoms with Crippen molar-refractivity contribution in [2.24, 2.45) is 17.3 Å². The molecule has 1 N–H and O–H groups in total. The molecule has 0 bridgehead atoms. The molecule has 1 aliphatic rings. The van der Waals surface area contributed by atoms with Crippen molar-refractivity contribution in [3.05, 3.63) is 22.8 Å². The normalized spacial score (nSPS) is 30.6. The van der Waals surface area contributed by atoms with Gasteiger partial charge in [-0.3, -0.25) is 14.9 Å². The molecule has 0 aromatic carbocycles. The lowest BCUT2D eigenvalue weighted by Crippen LogP contribution is -2.51. The molecule has 3 atom stereocenters. The van der Waals surface area contributed by atoms with Crippen molar-refractivity contribution in [2.45, 2.75) is 52.5 Å². The van der Waals surface area contributed by atoms with Gasteiger partial charge in [-0.2, -0.15) is 0 Å². The summed E-state index contributed by atoms with van der Waals surface area (Å²) < 4.78 is 0. The highest BCUT2D eigenvalue weighted by atomic mass is 16.6. The maximum absolute atomic E-state index is 12.5. The fourth-order valence-electron chi connectivity index (χ4n) is 3.10. The van der Waals surface area contributed by atoms with Crippen LogP contribution in [0.15, 0.2) is 12.7 Å². The highest BCUT2D eigenvalue weighted by molar-refractivity contribution is 5.83. The molecule has 1 aliphatic carbocycles. The zero-order valence-electron chi connectivity index (χ0n) is 12.9. The summed E-state index contributed by atoms with van der Waals surface area (Å²) in [7, 11) is 0. The summed E-state index contributed by atoms with van der Waals surface area (Å²) >= 11 is 0. The molecule has 0 aliphatic heterocycles. The van der Waals surface area contributed by atoms with Gasteiger partial charge >= 0.3 is 0 Å². The van der Waals surface area contributed by atoms with Crippen molar-refractivity contribution in [1.29, 1.82) is 0 Å². The molecular formula is C15H26N2O3. The van der Waals surface area contributed by atoms with Crippen LogP contribution in [0.1, 0.15) is 47.0 Å². The number of nitrogens with one attached hydrogen (secondary N) is 1. The van der Waals surface area contributed by atoms with Gasteiger partial charge in [-0.05, 0) is 46.0 Å². The average molecular weight is 282 g/mol. The van der Waals surface area contributed by atoms with Crippen molar-refractivity contribution in [1.82, 2.24) is 5.32 Å². The molecule has 5 nitrogen and oxygen atoms in total. The Labute approximate surface area is 121 Å². The van der Waals surface area contributed by atoms with Crippen LogP contribution in [0.2, 0.25) is 0 Å². The van der Waals surface area contributed by atoms with E-state index in [1.807, 2.05) is 33.8 Å². The highest BCUT2D eigenvalue weighted by Crippen LogP contribution is 2.43. The second-order valence-corrected chi connectivity index (χ2v) is 7.29. The summed E-state index contributed by atoms with van der Waals surface area (Å²) in [5.74, 6) is 0.104. The molecule has 1 amide bonds. The molecule has 5 heteroatoms. The highest BCUT2D eigenvalue weighted by Gasteiger charge is 2.43. The van der Waals surface area contributed by atoms with E-state index in [9.17, 15) is 14.9 Å². The summed E-state index contributed by atoms with van der Waals surface area (Å²) in [5.41, 5.74) is -0.842. The third kappa shape index (κ3) is 4.62. The molecule has 0 aromatic heterocycles. The summed E-state index contributed by atoms with van der Waals surface area (Å²) in [6.07, 6.45) is 3.87. The van der Waals surface area contributed by atoms with Crippen molar-refractivity contribution in [3.63, 3.8) is 0 Å². The third-order valence-corrected chi connectivity index (χ3v) is 3.87. The molecule has 1 unspecified atom stereocenters. The van der Waals surface area contributed by atoms with Gasteiger partial charge < -0.3 is 5.32 Å². The van der Waals surface area contributed by atoms with Gasteiger partial charge in [0, 0.05) is 21.8 Å². The van der Waals surface area contributed by atoms with Gasteiger partial charge in [0.1, 0.15) is 0 Å². The number of carbonyl (C=O) groups excluding carboxylic acids is 1.